The predicted octanol–water partition coefficient (Wildman–Crippen LogP) is -0.0995. The molecule has 2 heterocycles. The number of rotatable bonds is 5. The molecule has 2 N–H and O–H groups in total. The van der Waals surface area contributed by atoms with E-state index in [0.717, 1.165) is 26.2 Å². The molecule has 1 aromatic carbocycles. The molecule has 148 valence electrons. The van der Waals surface area contributed by atoms with Gasteiger partial charge in [-0.3, -0.25) is 14.5 Å². The van der Waals surface area contributed by atoms with Crippen LogP contribution in [0, 0.1) is 0 Å². The van der Waals surface area contributed by atoms with Gasteiger partial charge in [0.1, 0.15) is 6.04 Å². The van der Waals surface area contributed by atoms with Gasteiger partial charge in [-0.15, -0.1) is 0 Å². The second-order valence-electron chi connectivity index (χ2n) is 7.69. The van der Waals surface area contributed by atoms with Gasteiger partial charge in [0.15, 0.2) is 0 Å². The van der Waals surface area contributed by atoms with Crippen molar-refractivity contribution in [1.29, 1.82) is 0 Å². The van der Waals surface area contributed by atoms with Crippen molar-refractivity contribution in [3.8, 4) is 0 Å². The minimum Gasteiger partial charge on any atom is -0.391 e. The van der Waals surface area contributed by atoms with Crippen LogP contribution in [0.25, 0.3) is 0 Å². The lowest BCUT2D eigenvalue weighted by Gasteiger charge is -2.40. The Kier molecular flexibility index (Phi) is 6.46. The summed E-state index contributed by atoms with van der Waals surface area (Å²) in [5.74, 6) is -0.343. The first-order valence-corrected chi connectivity index (χ1v) is 9.63. The molecule has 2 fully saturated rings. The highest BCUT2D eigenvalue weighted by Gasteiger charge is 2.37. The lowest BCUT2D eigenvalue weighted by atomic mass is 10.1. The Bertz CT molecular complexity index is 654. The first-order valence-electron chi connectivity index (χ1n) is 9.63. The molecule has 7 nitrogen and oxygen atoms in total. The quantitative estimate of drug-likeness (QED) is 0.753. The summed E-state index contributed by atoms with van der Waals surface area (Å²) in [7, 11) is 2.10. The molecule has 7 heteroatoms. The van der Waals surface area contributed by atoms with Gasteiger partial charge in [0, 0.05) is 58.7 Å². The molecule has 3 atom stereocenters. The fourth-order valence-corrected chi connectivity index (χ4v) is 4.01. The van der Waals surface area contributed by atoms with Crippen LogP contribution in [-0.4, -0.2) is 89.6 Å². The summed E-state index contributed by atoms with van der Waals surface area (Å²) in [6.45, 7) is 5.91. The van der Waals surface area contributed by atoms with Crippen molar-refractivity contribution >= 4 is 11.8 Å². The number of likely N-dealkylation sites (N-methyl/N-ethyl adjacent to an activating group) is 1. The zero-order chi connectivity index (χ0) is 19.4. The third-order valence-corrected chi connectivity index (χ3v) is 5.53. The fourth-order valence-electron chi connectivity index (χ4n) is 4.01. The van der Waals surface area contributed by atoms with Crippen molar-refractivity contribution in [2.75, 3.05) is 39.8 Å². The number of aliphatic hydroxyl groups is 1. The van der Waals surface area contributed by atoms with Gasteiger partial charge in [-0.1, -0.05) is 30.3 Å². The number of nitrogens with zero attached hydrogens (tertiary/aromatic N) is 3. The molecule has 2 aliphatic heterocycles. The molecule has 2 saturated heterocycles. The van der Waals surface area contributed by atoms with E-state index in [-0.39, 0.29) is 24.4 Å². The Hall–Kier alpha value is -1.96. The van der Waals surface area contributed by atoms with Gasteiger partial charge in [-0.2, -0.15) is 0 Å². The Morgan fingerprint density at radius 1 is 1.19 bits per heavy atom. The molecular formula is C20H30N4O3. The number of hydrogen-bond acceptors (Lipinski definition) is 5. The third kappa shape index (κ3) is 5.06. The maximum atomic E-state index is 12.6. The van der Waals surface area contributed by atoms with Gasteiger partial charge in [0.05, 0.1) is 6.10 Å². The van der Waals surface area contributed by atoms with Crippen molar-refractivity contribution in [2.45, 2.75) is 38.1 Å². The highest BCUT2D eigenvalue weighted by molar-refractivity contribution is 5.87. The smallest absolute Gasteiger partial charge is 0.242 e. The van der Waals surface area contributed by atoms with Crippen LogP contribution < -0.4 is 5.32 Å². The van der Waals surface area contributed by atoms with E-state index in [2.05, 4.69) is 34.3 Å². The molecule has 0 spiro atoms. The molecule has 0 saturated carbocycles. The highest BCUT2D eigenvalue weighted by Crippen LogP contribution is 2.18. The molecule has 3 rings (SSSR count). The van der Waals surface area contributed by atoms with Gasteiger partial charge >= 0.3 is 0 Å². The van der Waals surface area contributed by atoms with E-state index < -0.39 is 12.1 Å². The Balaban J connectivity index is 1.59. The Morgan fingerprint density at radius 3 is 2.63 bits per heavy atom. The zero-order valence-electron chi connectivity index (χ0n) is 16.2. The average molecular weight is 374 g/mol. The second-order valence-corrected chi connectivity index (χ2v) is 7.69. The molecule has 2 amide bonds. The fraction of sp³-hybridized carbons (Fsp3) is 0.600. The summed E-state index contributed by atoms with van der Waals surface area (Å²) in [6.07, 6.45) is -0.316. The van der Waals surface area contributed by atoms with Gasteiger partial charge in [0.25, 0.3) is 0 Å². The van der Waals surface area contributed by atoms with E-state index in [4.69, 9.17) is 0 Å². The molecule has 0 aliphatic carbocycles. The van der Waals surface area contributed by atoms with Crippen molar-refractivity contribution in [3.63, 3.8) is 0 Å². The van der Waals surface area contributed by atoms with Crippen molar-refractivity contribution in [3.05, 3.63) is 35.9 Å². The SMILES string of the molecule is CC(=O)N1C[C@H](O)C[C@@H]1C(=O)NCC1CN(C)CCN1Cc1ccccc1. The first kappa shape index (κ1) is 19.8. The number of carbonyl (C=O) groups excluding carboxylic acids is 2. The van der Waals surface area contributed by atoms with E-state index in [1.807, 2.05) is 18.2 Å². The lowest BCUT2D eigenvalue weighted by Crippen LogP contribution is -2.56. The average Bonchev–Trinajstić information content (AvgIpc) is 3.05. The van der Waals surface area contributed by atoms with E-state index >= 15 is 0 Å². The topological polar surface area (TPSA) is 76.1 Å². The minimum atomic E-state index is -0.625. The van der Waals surface area contributed by atoms with Crippen molar-refractivity contribution < 1.29 is 14.7 Å². The van der Waals surface area contributed by atoms with Crippen LogP contribution in [0.1, 0.15) is 18.9 Å². The maximum absolute atomic E-state index is 12.6. The van der Waals surface area contributed by atoms with Crippen LogP contribution in [0.3, 0.4) is 0 Å². The molecule has 2 aliphatic rings. The van der Waals surface area contributed by atoms with Crippen molar-refractivity contribution in [2.24, 2.45) is 0 Å². The van der Waals surface area contributed by atoms with Crippen LogP contribution in [-0.2, 0) is 16.1 Å². The lowest BCUT2D eigenvalue weighted by molar-refractivity contribution is -0.137. The molecular weight excluding hydrogens is 344 g/mol. The van der Waals surface area contributed by atoms with Crippen molar-refractivity contribution in [1.82, 2.24) is 20.0 Å². The molecule has 0 bridgehead atoms. The predicted molar refractivity (Wildman–Crippen MR) is 103 cm³/mol. The van der Waals surface area contributed by atoms with Crippen LogP contribution >= 0.6 is 0 Å². The highest BCUT2D eigenvalue weighted by atomic mass is 16.3. The van der Waals surface area contributed by atoms with E-state index in [0.29, 0.717) is 13.0 Å². The van der Waals surface area contributed by atoms with Crippen LogP contribution in [0.15, 0.2) is 30.3 Å². The molecule has 0 aromatic heterocycles. The number of nitrogens with one attached hydrogen (secondary N) is 1. The summed E-state index contributed by atoms with van der Waals surface area (Å²) in [5, 5.41) is 12.9. The van der Waals surface area contributed by atoms with Gasteiger partial charge in [0.2, 0.25) is 11.8 Å². The zero-order valence-corrected chi connectivity index (χ0v) is 16.2. The van der Waals surface area contributed by atoms with Crippen LogP contribution in [0.2, 0.25) is 0 Å². The van der Waals surface area contributed by atoms with Gasteiger partial charge in [-0.05, 0) is 12.6 Å². The summed E-state index contributed by atoms with van der Waals surface area (Å²) < 4.78 is 0. The van der Waals surface area contributed by atoms with Crippen LogP contribution in [0.4, 0.5) is 0 Å². The monoisotopic (exact) mass is 374 g/mol. The number of benzene rings is 1. The molecule has 0 radical (unpaired) electrons. The second kappa shape index (κ2) is 8.82. The van der Waals surface area contributed by atoms with E-state index in [1.54, 1.807) is 0 Å². The number of aliphatic hydroxyl groups excluding tert-OH is 1. The van der Waals surface area contributed by atoms with E-state index in [1.165, 1.54) is 17.4 Å². The standard InChI is InChI=1S/C20H30N4O3/c1-15(25)24-14-18(26)10-19(24)20(27)21-11-17-13-22(2)8-9-23(17)12-16-6-4-3-5-7-16/h3-7,17-19,26H,8-14H2,1-2H3,(H,21,27)/t17?,18-,19-/m1/s1. The number of amides is 2. The first-order chi connectivity index (χ1) is 12.9. The molecule has 27 heavy (non-hydrogen) atoms. The minimum absolute atomic E-state index is 0.171. The number of hydrogen-bond donors (Lipinski definition) is 2. The van der Waals surface area contributed by atoms with E-state index in [9.17, 15) is 14.7 Å². The Labute approximate surface area is 160 Å². The molecule has 1 unspecified atom stereocenters. The largest absolute Gasteiger partial charge is 0.391 e. The number of likely N-dealkylation sites (tertiary alicyclic amines) is 1. The summed E-state index contributed by atoms with van der Waals surface area (Å²) in [5.41, 5.74) is 1.26. The summed E-state index contributed by atoms with van der Waals surface area (Å²) in [6, 6.07) is 10.00. The number of carbonyl (C=O) groups is 2. The maximum Gasteiger partial charge on any atom is 0.242 e. The summed E-state index contributed by atoms with van der Waals surface area (Å²) >= 11 is 0. The molecule has 1 aromatic rings. The van der Waals surface area contributed by atoms with Crippen LogP contribution in [0.5, 0.6) is 0 Å². The normalized spacial score (nSPS) is 26.9. The Morgan fingerprint density at radius 2 is 1.93 bits per heavy atom. The number of β-amino-alcohol motifs (C(OH)–C–C–N with tert-alkyl or cyclic N) is 1. The summed E-state index contributed by atoms with van der Waals surface area (Å²) in [4.78, 5) is 30.5. The van der Waals surface area contributed by atoms with Gasteiger partial charge in [-0.25, -0.2) is 0 Å². The third-order valence-electron chi connectivity index (χ3n) is 5.53. The number of piperazine rings is 1. The van der Waals surface area contributed by atoms with Gasteiger partial charge < -0.3 is 20.2 Å².